The van der Waals surface area contributed by atoms with E-state index >= 15 is 0 Å². The summed E-state index contributed by atoms with van der Waals surface area (Å²) in [5, 5.41) is 15.5. The van der Waals surface area contributed by atoms with Gasteiger partial charge in [-0.1, -0.05) is 30.3 Å². The van der Waals surface area contributed by atoms with Gasteiger partial charge in [0.1, 0.15) is 11.4 Å². The molecule has 0 radical (unpaired) electrons. The molecule has 0 saturated carbocycles. The Morgan fingerprint density at radius 1 is 1.13 bits per heavy atom. The van der Waals surface area contributed by atoms with E-state index in [1.54, 1.807) is 36.4 Å². The van der Waals surface area contributed by atoms with Crippen molar-refractivity contribution >= 4 is 41.0 Å². The first-order valence-corrected chi connectivity index (χ1v) is 8.81. The normalized spacial score (nSPS) is 12.7. The number of nitrogens with zero attached hydrogens (tertiary/aromatic N) is 2. The van der Waals surface area contributed by atoms with Crippen LogP contribution in [0.3, 0.4) is 0 Å². The Morgan fingerprint density at radius 2 is 1.80 bits per heavy atom. The number of halogens is 2. The highest BCUT2D eigenvalue weighted by atomic mass is 19.3. The number of ether oxygens (including phenoxy) is 2. The first-order chi connectivity index (χ1) is 14.5. The van der Waals surface area contributed by atoms with Gasteiger partial charge in [-0.05, 0) is 24.3 Å². The zero-order valence-electron chi connectivity index (χ0n) is 16.1. The summed E-state index contributed by atoms with van der Waals surface area (Å²) in [5.74, 6) is -0.888. The minimum absolute atomic E-state index is 0.0158. The number of benzene rings is 2. The van der Waals surface area contributed by atoms with Crippen LogP contribution in [-0.2, 0) is 9.53 Å². The molecule has 1 unspecified atom stereocenters. The summed E-state index contributed by atoms with van der Waals surface area (Å²) in [7, 11) is 1.26. The Kier molecular flexibility index (Phi) is 8.64. The molecule has 0 heterocycles. The minimum atomic E-state index is -3.02. The predicted octanol–water partition coefficient (Wildman–Crippen LogP) is 4.41. The first-order valence-electron chi connectivity index (χ1n) is 8.81. The fourth-order valence-electron chi connectivity index (χ4n) is 2.39. The molecular weight excluding hydrogens is 394 g/mol. The average Bonchev–Trinajstić information content (AvgIpc) is 2.74. The zero-order valence-corrected chi connectivity index (χ0v) is 16.1. The van der Waals surface area contributed by atoms with Gasteiger partial charge in [0.05, 0.1) is 11.4 Å². The van der Waals surface area contributed by atoms with Gasteiger partial charge < -0.3 is 14.9 Å². The molecule has 7 nitrogen and oxygen atoms in total. The quantitative estimate of drug-likeness (QED) is 0.532. The van der Waals surface area contributed by atoms with Gasteiger partial charge in [0.15, 0.2) is 11.9 Å². The molecule has 1 atom stereocenters. The molecule has 9 heteroatoms. The fourth-order valence-corrected chi connectivity index (χ4v) is 2.39. The second-order valence-corrected chi connectivity index (χ2v) is 5.82. The molecule has 0 aromatic heterocycles. The molecule has 2 aromatic carbocycles. The Labute approximate surface area is 172 Å². The lowest BCUT2D eigenvalue weighted by Crippen LogP contribution is -2.35. The number of aliphatic imine (C=N–C) groups is 2. The number of carbonyl (C=O) groups is 1. The predicted molar refractivity (Wildman–Crippen MR) is 112 cm³/mol. The minimum Gasteiger partial charge on any atom is -0.433 e. The highest BCUT2D eigenvalue weighted by Gasteiger charge is 2.24. The van der Waals surface area contributed by atoms with E-state index in [0.29, 0.717) is 5.69 Å². The number of rotatable bonds is 11. The van der Waals surface area contributed by atoms with Gasteiger partial charge in [-0.3, -0.25) is 20.2 Å². The van der Waals surface area contributed by atoms with E-state index < -0.39 is 24.2 Å². The molecule has 30 heavy (non-hydrogen) atoms. The van der Waals surface area contributed by atoms with Crippen molar-refractivity contribution in [2.75, 3.05) is 7.11 Å². The second-order valence-electron chi connectivity index (χ2n) is 5.82. The zero-order chi connectivity index (χ0) is 21.9. The molecule has 0 aliphatic rings. The lowest BCUT2D eigenvalue weighted by Gasteiger charge is -2.12. The molecule has 0 fully saturated rings. The highest BCUT2D eigenvalue weighted by molar-refractivity contribution is 6.69. The molecule has 0 aliphatic carbocycles. The van der Waals surface area contributed by atoms with E-state index in [9.17, 15) is 13.6 Å². The summed E-state index contributed by atoms with van der Waals surface area (Å²) >= 11 is 0. The number of hydrogen-bond donors (Lipinski definition) is 2. The molecule has 2 aromatic rings. The molecule has 0 spiro atoms. The van der Waals surface area contributed by atoms with E-state index in [2.05, 4.69) is 14.7 Å². The third kappa shape index (κ3) is 6.49. The van der Waals surface area contributed by atoms with Crippen molar-refractivity contribution in [3.05, 3.63) is 54.6 Å². The standard InChI is InChI=1S/C21H20F2N4O3/c1-29-18(13-26-15-9-5-6-10-17(15)30-21(22)23)20(28)19(25)16(11-12-24)27-14-7-3-2-4-8-14/h2-10,12-13,18,21,24-25H,11H2,1H3. The van der Waals surface area contributed by atoms with Crippen LogP contribution in [0.2, 0.25) is 0 Å². The second kappa shape index (κ2) is 11.4. The van der Waals surface area contributed by atoms with Crippen LogP contribution in [0, 0.1) is 10.8 Å². The summed E-state index contributed by atoms with van der Waals surface area (Å²) in [4.78, 5) is 21.0. The van der Waals surface area contributed by atoms with Gasteiger partial charge in [-0.25, -0.2) is 0 Å². The van der Waals surface area contributed by atoms with Crippen molar-refractivity contribution in [3.63, 3.8) is 0 Å². The Hall–Kier alpha value is -3.59. The van der Waals surface area contributed by atoms with Crippen LogP contribution in [0.25, 0.3) is 0 Å². The van der Waals surface area contributed by atoms with E-state index in [1.165, 1.54) is 25.3 Å². The van der Waals surface area contributed by atoms with Gasteiger partial charge >= 0.3 is 6.61 Å². The first kappa shape index (κ1) is 22.7. The third-order valence-electron chi connectivity index (χ3n) is 3.79. The Balaban J connectivity index is 2.24. The summed E-state index contributed by atoms with van der Waals surface area (Å²) in [5.41, 5.74) is 0.278. The van der Waals surface area contributed by atoms with Crippen molar-refractivity contribution in [2.24, 2.45) is 9.98 Å². The number of nitrogens with one attached hydrogen (secondary N) is 2. The summed E-state index contributed by atoms with van der Waals surface area (Å²) in [6, 6.07) is 14.6. The fraction of sp³-hybridized carbons (Fsp3) is 0.190. The summed E-state index contributed by atoms with van der Waals surface area (Å²) < 4.78 is 34.6. The smallest absolute Gasteiger partial charge is 0.387 e. The molecule has 0 bridgehead atoms. The highest BCUT2D eigenvalue weighted by Crippen LogP contribution is 2.28. The van der Waals surface area contributed by atoms with Crippen molar-refractivity contribution in [3.8, 4) is 5.75 Å². The van der Waals surface area contributed by atoms with E-state index in [0.717, 1.165) is 12.4 Å². The van der Waals surface area contributed by atoms with Gasteiger partial charge in [0.2, 0.25) is 5.78 Å². The lowest BCUT2D eigenvalue weighted by molar-refractivity contribution is -0.118. The van der Waals surface area contributed by atoms with Crippen LogP contribution in [0.15, 0.2) is 64.6 Å². The molecule has 0 amide bonds. The van der Waals surface area contributed by atoms with Gasteiger partial charge in [-0.15, -0.1) is 0 Å². The number of methoxy groups -OCH3 is 1. The molecular formula is C21H20F2N4O3. The topological polar surface area (TPSA) is 108 Å². The van der Waals surface area contributed by atoms with Crippen LogP contribution >= 0.6 is 0 Å². The summed E-state index contributed by atoms with van der Waals surface area (Å²) in [6.45, 7) is -3.02. The maximum absolute atomic E-state index is 12.7. The van der Waals surface area contributed by atoms with Crippen molar-refractivity contribution < 1.29 is 23.0 Å². The number of para-hydroxylation sites is 3. The number of ketones is 1. The van der Waals surface area contributed by atoms with Crippen molar-refractivity contribution in [2.45, 2.75) is 19.1 Å². The van der Waals surface area contributed by atoms with Crippen LogP contribution in [0.1, 0.15) is 6.42 Å². The number of carbonyl (C=O) groups excluding carboxylic acids is 1. The molecule has 156 valence electrons. The molecule has 2 rings (SSSR count). The average molecular weight is 414 g/mol. The Morgan fingerprint density at radius 3 is 2.43 bits per heavy atom. The number of alkyl halides is 2. The maximum Gasteiger partial charge on any atom is 0.387 e. The van der Waals surface area contributed by atoms with Gasteiger partial charge in [0.25, 0.3) is 0 Å². The number of Topliss-reactive ketones (excluding diaryl/α,β-unsaturated/α-hetero) is 1. The maximum atomic E-state index is 12.7. The van der Waals surface area contributed by atoms with Crippen LogP contribution in [0.5, 0.6) is 5.75 Å². The van der Waals surface area contributed by atoms with Crippen LogP contribution in [-0.4, -0.2) is 49.5 Å². The van der Waals surface area contributed by atoms with Crippen LogP contribution < -0.4 is 4.74 Å². The van der Waals surface area contributed by atoms with E-state index in [1.807, 2.05) is 0 Å². The van der Waals surface area contributed by atoms with Gasteiger partial charge in [-0.2, -0.15) is 8.78 Å². The molecule has 0 aliphatic heterocycles. The Bertz CT molecular complexity index is 946. The van der Waals surface area contributed by atoms with E-state index in [-0.39, 0.29) is 23.6 Å². The number of hydrogen-bond acceptors (Lipinski definition) is 7. The van der Waals surface area contributed by atoms with Crippen molar-refractivity contribution in [1.82, 2.24) is 0 Å². The van der Waals surface area contributed by atoms with Crippen molar-refractivity contribution in [1.29, 1.82) is 10.8 Å². The lowest BCUT2D eigenvalue weighted by atomic mass is 10.0. The molecule has 2 N–H and O–H groups in total. The van der Waals surface area contributed by atoms with Crippen LogP contribution in [0.4, 0.5) is 20.2 Å². The third-order valence-corrected chi connectivity index (χ3v) is 3.79. The monoisotopic (exact) mass is 414 g/mol. The largest absolute Gasteiger partial charge is 0.433 e. The SMILES string of the molecule is COC(C=Nc1ccccc1OC(F)F)C(=O)C(=N)C(CC=N)=Nc1ccccc1. The van der Waals surface area contributed by atoms with E-state index in [4.69, 9.17) is 15.6 Å². The van der Waals surface area contributed by atoms with Gasteiger partial charge in [0, 0.05) is 26.0 Å². The summed E-state index contributed by atoms with van der Waals surface area (Å²) in [6.07, 6.45) is 0.883. The molecule has 0 saturated heterocycles.